The smallest absolute Gasteiger partial charge is 0.276 e. The number of aromatic nitrogens is 3. The standard InChI is InChI=1S/C12H17N3OS/c1-10(4-9-17)3-6-14-7-8-15-11(12(14)16)2-5-13-15/h2,5,7-8,10,17H,3-4,6,9H2,1H3. The van der Waals surface area contributed by atoms with E-state index in [1.807, 2.05) is 6.20 Å². The highest BCUT2D eigenvalue weighted by atomic mass is 32.1. The summed E-state index contributed by atoms with van der Waals surface area (Å²) in [5.41, 5.74) is 0.664. The van der Waals surface area contributed by atoms with Crippen molar-refractivity contribution in [1.29, 1.82) is 0 Å². The maximum absolute atomic E-state index is 12.0. The van der Waals surface area contributed by atoms with E-state index in [4.69, 9.17) is 0 Å². The first-order valence-corrected chi connectivity index (χ1v) is 6.49. The molecule has 0 aliphatic heterocycles. The first-order valence-electron chi connectivity index (χ1n) is 5.86. The van der Waals surface area contributed by atoms with Crippen molar-refractivity contribution in [1.82, 2.24) is 14.2 Å². The average molecular weight is 251 g/mol. The number of nitrogens with zero attached hydrogens (tertiary/aromatic N) is 3. The van der Waals surface area contributed by atoms with Crippen LogP contribution in [-0.4, -0.2) is 19.9 Å². The van der Waals surface area contributed by atoms with Crippen LogP contribution in [0.3, 0.4) is 0 Å². The van der Waals surface area contributed by atoms with Gasteiger partial charge in [-0.15, -0.1) is 0 Å². The molecule has 2 aromatic heterocycles. The monoisotopic (exact) mass is 251 g/mol. The van der Waals surface area contributed by atoms with Gasteiger partial charge in [0.25, 0.3) is 5.56 Å². The molecular weight excluding hydrogens is 234 g/mol. The molecular formula is C12H17N3OS. The van der Waals surface area contributed by atoms with Crippen LogP contribution in [0.25, 0.3) is 5.52 Å². The molecule has 1 atom stereocenters. The average Bonchev–Trinajstić information content (AvgIpc) is 2.77. The molecule has 0 aromatic carbocycles. The Morgan fingerprint density at radius 2 is 2.24 bits per heavy atom. The minimum atomic E-state index is 0.0306. The van der Waals surface area contributed by atoms with Crippen molar-refractivity contribution in [2.24, 2.45) is 5.92 Å². The number of rotatable bonds is 5. The zero-order chi connectivity index (χ0) is 12.3. The molecule has 0 saturated carbocycles. The molecule has 1 unspecified atom stereocenters. The summed E-state index contributed by atoms with van der Waals surface area (Å²) >= 11 is 4.22. The quantitative estimate of drug-likeness (QED) is 0.824. The third-order valence-corrected chi connectivity index (χ3v) is 3.28. The zero-order valence-electron chi connectivity index (χ0n) is 9.91. The van der Waals surface area contributed by atoms with Crippen LogP contribution in [0.2, 0.25) is 0 Å². The molecule has 4 nitrogen and oxygen atoms in total. The summed E-state index contributed by atoms with van der Waals surface area (Å²) < 4.78 is 3.36. The SMILES string of the molecule is CC(CCS)CCn1ccn2nccc2c1=O. The molecule has 2 aromatic rings. The lowest BCUT2D eigenvalue weighted by Crippen LogP contribution is -2.22. The van der Waals surface area contributed by atoms with Crippen molar-refractivity contribution in [2.75, 3.05) is 5.75 Å². The molecule has 0 fully saturated rings. The Morgan fingerprint density at radius 3 is 3.00 bits per heavy atom. The van der Waals surface area contributed by atoms with Crippen molar-refractivity contribution in [3.63, 3.8) is 0 Å². The van der Waals surface area contributed by atoms with Gasteiger partial charge in [-0.1, -0.05) is 6.92 Å². The van der Waals surface area contributed by atoms with Crippen LogP contribution >= 0.6 is 12.6 Å². The van der Waals surface area contributed by atoms with E-state index in [-0.39, 0.29) is 5.56 Å². The van der Waals surface area contributed by atoms with Crippen LogP contribution in [0.5, 0.6) is 0 Å². The van der Waals surface area contributed by atoms with Gasteiger partial charge in [0.2, 0.25) is 0 Å². The second kappa shape index (κ2) is 5.40. The number of aryl methyl sites for hydroxylation is 1. The van der Waals surface area contributed by atoms with E-state index >= 15 is 0 Å². The molecule has 5 heteroatoms. The second-order valence-electron chi connectivity index (χ2n) is 4.36. The Hall–Kier alpha value is -1.23. The van der Waals surface area contributed by atoms with Gasteiger partial charge in [-0.2, -0.15) is 17.7 Å². The molecule has 0 amide bonds. The van der Waals surface area contributed by atoms with Crippen molar-refractivity contribution in [2.45, 2.75) is 26.3 Å². The molecule has 0 spiro atoms. The maximum atomic E-state index is 12.0. The molecule has 92 valence electrons. The summed E-state index contributed by atoms with van der Waals surface area (Å²) in [5, 5.41) is 4.04. The highest BCUT2D eigenvalue weighted by Gasteiger charge is 2.05. The first-order chi connectivity index (χ1) is 8.22. The summed E-state index contributed by atoms with van der Waals surface area (Å²) in [6.07, 6.45) is 7.36. The van der Waals surface area contributed by atoms with E-state index in [0.717, 1.165) is 25.1 Å². The van der Waals surface area contributed by atoms with E-state index in [0.29, 0.717) is 11.4 Å². The fourth-order valence-electron chi connectivity index (χ4n) is 1.86. The topological polar surface area (TPSA) is 39.3 Å². The predicted molar refractivity (Wildman–Crippen MR) is 71.7 cm³/mol. The Bertz CT molecular complexity index is 546. The number of thiol groups is 1. The van der Waals surface area contributed by atoms with Crippen molar-refractivity contribution >= 4 is 18.1 Å². The highest BCUT2D eigenvalue weighted by molar-refractivity contribution is 7.80. The van der Waals surface area contributed by atoms with Gasteiger partial charge in [-0.05, 0) is 30.6 Å². The first kappa shape index (κ1) is 12.2. The highest BCUT2D eigenvalue weighted by Crippen LogP contribution is 2.09. The number of hydrogen-bond donors (Lipinski definition) is 1. The fraction of sp³-hybridized carbons (Fsp3) is 0.500. The summed E-state index contributed by atoms with van der Waals surface area (Å²) in [7, 11) is 0. The van der Waals surface area contributed by atoms with E-state index < -0.39 is 0 Å². The van der Waals surface area contributed by atoms with Gasteiger partial charge < -0.3 is 4.57 Å². The lowest BCUT2D eigenvalue weighted by atomic mass is 10.1. The second-order valence-corrected chi connectivity index (χ2v) is 4.81. The molecule has 0 radical (unpaired) electrons. The zero-order valence-corrected chi connectivity index (χ0v) is 10.8. The Morgan fingerprint density at radius 1 is 1.41 bits per heavy atom. The third-order valence-electron chi connectivity index (χ3n) is 3.02. The molecule has 2 heterocycles. The Labute approximate surface area is 106 Å². The number of fused-ring (bicyclic) bond motifs is 1. The third kappa shape index (κ3) is 2.72. The molecule has 0 aliphatic rings. The van der Waals surface area contributed by atoms with Gasteiger partial charge in [0.15, 0.2) is 0 Å². The number of hydrogen-bond acceptors (Lipinski definition) is 3. The minimum absolute atomic E-state index is 0.0306. The molecule has 0 aliphatic carbocycles. The van der Waals surface area contributed by atoms with Gasteiger partial charge in [0.1, 0.15) is 5.52 Å². The van der Waals surface area contributed by atoms with Crippen LogP contribution in [0.4, 0.5) is 0 Å². The van der Waals surface area contributed by atoms with Gasteiger partial charge in [-0.3, -0.25) is 4.79 Å². The van der Waals surface area contributed by atoms with Gasteiger partial charge in [-0.25, -0.2) is 4.52 Å². The molecule has 0 N–H and O–H groups in total. The molecule has 2 rings (SSSR count). The van der Waals surface area contributed by atoms with Crippen molar-refractivity contribution in [3.8, 4) is 0 Å². The largest absolute Gasteiger partial charge is 0.312 e. The van der Waals surface area contributed by atoms with Gasteiger partial charge >= 0.3 is 0 Å². The van der Waals surface area contributed by atoms with E-state index in [1.54, 1.807) is 27.5 Å². The van der Waals surface area contributed by atoms with Crippen LogP contribution in [0.15, 0.2) is 29.5 Å². The summed E-state index contributed by atoms with van der Waals surface area (Å²) in [6, 6.07) is 1.75. The van der Waals surface area contributed by atoms with Gasteiger partial charge in [0.05, 0.1) is 6.20 Å². The Balaban J connectivity index is 2.13. The molecule has 0 saturated heterocycles. The van der Waals surface area contributed by atoms with E-state index in [9.17, 15) is 4.79 Å². The summed E-state index contributed by atoms with van der Waals surface area (Å²) in [5.74, 6) is 1.50. The maximum Gasteiger partial charge on any atom is 0.276 e. The van der Waals surface area contributed by atoms with Gasteiger partial charge in [0, 0.05) is 18.9 Å². The van der Waals surface area contributed by atoms with E-state index in [2.05, 4.69) is 24.7 Å². The van der Waals surface area contributed by atoms with E-state index in [1.165, 1.54) is 0 Å². The fourth-order valence-corrected chi connectivity index (χ4v) is 2.30. The molecule has 17 heavy (non-hydrogen) atoms. The van der Waals surface area contributed by atoms with Crippen LogP contribution in [-0.2, 0) is 6.54 Å². The van der Waals surface area contributed by atoms with Crippen LogP contribution in [0.1, 0.15) is 19.8 Å². The Kier molecular flexibility index (Phi) is 3.89. The normalized spacial score (nSPS) is 13.1. The lowest BCUT2D eigenvalue weighted by molar-refractivity contribution is 0.465. The van der Waals surface area contributed by atoms with Crippen molar-refractivity contribution in [3.05, 3.63) is 35.0 Å². The minimum Gasteiger partial charge on any atom is -0.312 e. The predicted octanol–water partition coefficient (Wildman–Crippen LogP) is 1.84. The van der Waals surface area contributed by atoms with Crippen LogP contribution < -0.4 is 5.56 Å². The lowest BCUT2D eigenvalue weighted by Gasteiger charge is -2.11. The van der Waals surface area contributed by atoms with Crippen LogP contribution in [0, 0.1) is 5.92 Å². The molecule has 0 bridgehead atoms. The van der Waals surface area contributed by atoms with Crippen molar-refractivity contribution < 1.29 is 0 Å². The summed E-state index contributed by atoms with van der Waals surface area (Å²) in [6.45, 7) is 2.95. The summed E-state index contributed by atoms with van der Waals surface area (Å²) in [4.78, 5) is 12.0.